The molecule has 0 radical (unpaired) electrons. The Labute approximate surface area is 131 Å². The molecule has 0 atom stereocenters. The van der Waals surface area contributed by atoms with Gasteiger partial charge in [-0.2, -0.15) is 10.2 Å². The van der Waals surface area contributed by atoms with Gasteiger partial charge in [0.15, 0.2) is 0 Å². The van der Waals surface area contributed by atoms with E-state index in [9.17, 15) is 0 Å². The SMILES string of the molecule is Cc1nn(C)c(C)c1-n1cc(B2OC(C)(C)C(C)(C)O2)cn1. The lowest BCUT2D eigenvalue weighted by atomic mass is 9.82. The zero-order valence-electron chi connectivity index (χ0n) is 14.3. The van der Waals surface area contributed by atoms with E-state index in [-0.39, 0.29) is 11.2 Å². The quantitative estimate of drug-likeness (QED) is 0.789. The largest absolute Gasteiger partial charge is 0.498 e. The number of rotatable bonds is 2. The monoisotopic (exact) mass is 302 g/mol. The fourth-order valence-electron chi connectivity index (χ4n) is 2.65. The first-order valence-electron chi connectivity index (χ1n) is 7.53. The highest BCUT2D eigenvalue weighted by Gasteiger charge is 2.52. The van der Waals surface area contributed by atoms with E-state index in [0.29, 0.717) is 0 Å². The number of nitrogens with zero attached hydrogens (tertiary/aromatic N) is 4. The highest BCUT2D eigenvalue weighted by Crippen LogP contribution is 2.36. The van der Waals surface area contributed by atoms with Crippen molar-refractivity contribution in [2.75, 3.05) is 0 Å². The molecule has 0 saturated carbocycles. The summed E-state index contributed by atoms with van der Waals surface area (Å²) in [6.45, 7) is 12.2. The van der Waals surface area contributed by atoms with Gasteiger partial charge in [0, 0.05) is 24.9 Å². The minimum atomic E-state index is -0.393. The fourth-order valence-corrected chi connectivity index (χ4v) is 2.65. The number of aromatic nitrogens is 4. The maximum Gasteiger partial charge on any atom is 0.498 e. The Morgan fingerprint density at radius 3 is 2.18 bits per heavy atom. The van der Waals surface area contributed by atoms with Crippen LogP contribution in [0, 0.1) is 13.8 Å². The number of hydrogen-bond donors (Lipinski definition) is 0. The van der Waals surface area contributed by atoms with Gasteiger partial charge in [-0.15, -0.1) is 0 Å². The molecule has 0 aromatic carbocycles. The Kier molecular flexibility index (Phi) is 3.27. The van der Waals surface area contributed by atoms with Crippen LogP contribution in [-0.2, 0) is 16.4 Å². The Hall–Kier alpha value is -1.60. The van der Waals surface area contributed by atoms with E-state index >= 15 is 0 Å². The third-order valence-electron chi connectivity index (χ3n) is 4.83. The van der Waals surface area contributed by atoms with Gasteiger partial charge in [-0.1, -0.05) is 0 Å². The first-order chi connectivity index (χ1) is 10.1. The van der Waals surface area contributed by atoms with Crippen molar-refractivity contribution in [1.82, 2.24) is 19.6 Å². The number of hydrogen-bond acceptors (Lipinski definition) is 4. The van der Waals surface area contributed by atoms with Crippen molar-refractivity contribution in [3.05, 3.63) is 23.8 Å². The molecule has 0 unspecified atom stereocenters. The molecule has 7 heteroatoms. The third kappa shape index (κ3) is 2.19. The van der Waals surface area contributed by atoms with Gasteiger partial charge in [-0.05, 0) is 41.5 Å². The first-order valence-corrected chi connectivity index (χ1v) is 7.53. The van der Waals surface area contributed by atoms with Crippen LogP contribution in [-0.4, -0.2) is 37.9 Å². The summed E-state index contributed by atoms with van der Waals surface area (Å²) in [7, 11) is 1.54. The molecule has 2 aromatic rings. The van der Waals surface area contributed by atoms with Crippen LogP contribution < -0.4 is 5.46 Å². The molecule has 3 heterocycles. The van der Waals surface area contributed by atoms with Gasteiger partial charge in [-0.25, -0.2) is 4.68 Å². The van der Waals surface area contributed by atoms with Crippen molar-refractivity contribution in [2.24, 2.45) is 7.05 Å². The van der Waals surface area contributed by atoms with Crippen LogP contribution in [0.4, 0.5) is 0 Å². The maximum atomic E-state index is 6.07. The van der Waals surface area contributed by atoms with Gasteiger partial charge in [-0.3, -0.25) is 4.68 Å². The summed E-state index contributed by atoms with van der Waals surface area (Å²) in [5.74, 6) is 0. The Morgan fingerprint density at radius 2 is 1.68 bits per heavy atom. The van der Waals surface area contributed by atoms with Crippen LogP contribution in [0.2, 0.25) is 0 Å². The second-order valence-corrected chi connectivity index (χ2v) is 6.95. The Balaban J connectivity index is 1.93. The molecule has 0 aliphatic carbocycles. The summed E-state index contributed by atoms with van der Waals surface area (Å²) in [4.78, 5) is 0. The van der Waals surface area contributed by atoms with E-state index in [1.807, 2.05) is 64.2 Å². The molecule has 0 amide bonds. The summed E-state index contributed by atoms with van der Waals surface area (Å²) < 4.78 is 15.8. The predicted molar refractivity (Wildman–Crippen MR) is 85.5 cm³/mol. The van der Waals surface area contributed by atoms with Crippen LogP contribution in [0.5, 0.6) is 0 Å². The van der Waals surface area contributed by atoms with Gasteiger partial charge in [0.1, 0.15) is 5.69 Å². The molecule has 1 aliphatic heterocycles. The van der Waals surface area contributed by atoms with E-state index in [0.717, 1.165) is 22.5 Å². The van der Waals surface area contributed by atoms with Gasteiger partial charge >= 0.3 is 7.12 Å². The summed E-state index contributed by atoms with van der Waals surface area (Å²) in [5.41, 5.74) is 3.25. The molecule has 6 nitrogen and oxygen atoms in total. The molecule has 0 spiro atoms. The average Bonchev–Trinajstić information content (AvgIpc) is 2.99. The van der Waals surface area contributed by atoms with Crippen molar-refractivity contribution in [2.45, 2.75) is 52.7 Å². The lowest BCUT2D eigenvalue weighted by molar-refractivity contribution is 0.00578. The molecule has 1 aliphatic rings. The van der Waals surface area contributed by atoms with Crippen LogP contribution in [0.25, 0.3) is 5.69 Å². The molecule has 1 saturated heterocycles. The maximum absolute atomic E-state index is 6.07. The van der Waals surface area contributed by atoms with Gasteiger partial charge in [0.2, 0.25) is 0 Å². The molecular weight excluding hydrogens is 279 g/mol. The van der Waals surface area contributed by atoms with Gasteiger partial charge in [0.05, 0.1) is 22.6 Å². The van der Waals surface area contributed by atoms with E-state index in [2.05, 4.69) is 10.2 Å². The van der Waals surface area contributed by atoms with Crippen LogP contribution in [0.1, 0.15) is 39.1 Å². The molecule has 1 fully saturated rings. The third-order valence-corrected chi connectivity index (χ3v) is 4.83. The molecular formula is C15H23BN4O2. The molecule has 0 N–H and O–H groups in total. The van der Waals surface area contributed by atoms with Crippen molar-refractivity contribution in [3.63, 3.8) is 0 Å². The highest BCUT2D eigenvalue weighted by atomic mass is 16.7. The predicted octanol–water partition coefficient (Wildman–Crippen LogP) is 1.52. The van der Waals surface area contributed by atoms with Crippen molar-refractivity contribution < 1.29 is 9.31 Å². The minimum absolute atomic E-state index is 0.347. The van der Waals surface area contributed by atoms with E-state index in [1.54, 1.807) is 6.20 Å². The Bertz CT molecular complexity index is 701. The Morgan fingerprint density at radius 1 is 1.09 bits per heavy atom. The summed E-state index contributed by atoms with van der Waals surface area (Å²) >= 11 is 0. The molecule has 0 bridgehead atoms. The number of aryl methyl sites for hydroxylation is 2. The molecule has 2 aromatic heterocycles. The topological polar surface area (TPSA) is 54.1 Å². The lowest BCUT2D eigenvalue weighted by Gasteiger charge is -2.32. The molecule has 22 heavy (non-hydrogen) atoms. The molecule has 118 valence electrons. The first kappa shape index (κ1) is 15.3. The van der Waals surface area contributed by atoms with Crippen molar-refractivity contribution >= 4 is 12.6 Å². The average molecular weight is 302 g/mol. The van der Waals surface area contributed by atoms with Crippen LogP contribution >= 0.6 is 0 Å². The van der Waals surface area contributed by atoms with Crippen molar-refractivity contribution in [1.29, 1.82) is 0 Å². The smallest absolute Gasteiger partial charge is 0.399 e. The summed E-state index contributed by atoms with van der Waals surface area (Å²) in [6, 6.07) is 0. The van der Waals surface area contributed by atoms with Gasteiger partial charge < -0.3 is 9.31 Å². The summed E-state index contributed by atoms with van der Waals surface area (Å²) in [5, 5.41) is 8.90. The van der Waals surface area contributed by atoms with E-state index < -0.39 is 7.12 Å². The standard InChI is InChI=1S/C15H23BN4O2/c1-10-13(11(2)19(7)18-10)20-9-12(8-17-20)16-21-14(3,4)15(5,6)22-16/h8-9H,1-7H3. The normalized spacial score (nSPS) is 19.9. The summed E-state index contributed by atoms with van der Waals surface area (Å²) in [6.07, 6.45) is 3.76. The van der Waals surface area contributed by atoms with Gasteiger partial charge in [0.25, 0.3) is 0 Å². The van der Waals surface area contributed by atoms with E-state index in [1.165, 1.54) is 0 Å². The second kappa shape index (κ2) is 4.70. The van der Waals surface area contributed by atoms with Crippen molar-refractivity contribution in [3.8, 4) is 5.69 Å². The van der Waals surface area contributed by atoms with Crippen LogP contribution in [0.3, 0.4) is 0 Å². The highest BCUT2D eigenvalue weighted by molar-refractivity contribution is 6.62. The molecule has 3 rings (SSSR count). The minimum Gasteiger partial charge on any atom is -0.399 e. The zero-order chi connectivity index (χ0) is 16.3. The van der Waals surface area contributed by atoms with E-state index in [4.69, 9.17) is 9.31 Å². The fraction of sp³-hybridized carbons (Fsp3) is 0.600. The van der Waals surface area contributed by atoms with Crippen LogP contribution in [0.15, 0.2) is 12.4 Å². The zero-order valence-corrected chi connectivity index (χ0v) is 14.3. The lowest BCUT2D eigenvalue weighted by Crippen LogP contribution is -2.41. The second-order valence-electron chi connectivity index (χ2n) is 6.95.